The number of rotatable bonds is 4. The van der Waals surface area contributed by atoms with Crippen LogP contribution in [0.5, 0.6) is 5.75 Å². The summed E-state index contributed by atoms with van der Waals surface area (Å²) in [7, 11) is 0. The van der Waals surface area contributed by atoms with Gasteiger partial charge in [0.25, 0.3) is 0 Å². The first-order valence-corrected chi connectivity index (χ1v) is 6.77. The topological polar surface area (TPSA) is 125 Å². The van der Waals surface area contributed by atoms with Gasteiger partial charge in [-0.1, -0.05) is 11.6 Å². The van der Waals surface area contributed by atoms with Gasteiger partial charge >= 0.3 is 11.8 Å². The Kier molecular flexibility index (Phi) is 4.88. The summed E-state index contributed by atoms with van der Waals surface area (Å²) in [6, 6.07) is 2.46. The largest absolute Gasteiger partial charge is 0.506 e. The highest BCUT2D eigenvalue weighted by Gasteiger charge is 2.26. The van der Waals surface area contributed by atoms with Crippen LogP contribution in [0.25, 0.3) is 0 Å². The molecule has 120 valence electrons. The average Bonchev–Trinajstić information content (AvgIpc) is 2.47. The summed E-state index contributed by atoms with van der Waals surface area (Å²) in [6.07, 6.45) is -1.53. The summed E-state index contributed by atoms with van der Waals surface area (Å²) in [4.78, 5) is 22.5. The first-order valence-electron chi connectivity index (χ1n) is 6.39. The van der Waals surface area contributed by atoms with E-state index in [1.54, 1.807) is 0 Å². The minimum absolute atomic E-state index is 0.0958. The maximum Gasteiger partial charge on any atom is 0.407 e. The van der Waals surface area contributed by atoms with Crippen molar-refractivity contribution in [3.63, 3.8) is 0 Å². The Labute approximate surface area is 130 Å². The maximum atomic E-state index is 11.0. The van der Waals surface area contributed by atoms with Gasteiger partial charge in [0.15, 0.2) is 5.69 Å². The molecule has 1 atom stereocenters. The van der Waals surface area contributed by atoms with Crippen LogP contribution in [0.3, 0.4) is 0 Å². The lowest BCUT2D eigenvalue weighted by Gasteiger charge is -2.31. The van der Waals surface area contributed by atoms with Gasteiger partial charge in [-0.3, -0.25) is 10.1 Å². The van der Waals surface area contributed by atoms with Crippen LogP contribution in [0.1, 0.15) is 0 Å². The zero-order valence-corrected chi connectivity index (χ0v) is 12.1. The predicted molar refractivity (Wildman–Crippen MR) is 77.6 cm³/mol. The number of phenolic OH excluding ortho intramolecular Hbond substituents is 1. The molecule has 1 amide bonds. The van der Waals surface area contributed by atoms with Crippen molar-refractivity contribution >= 4 is 29.1 Å². The van der Waals surface area contributed by atoms with Crippen LogP contribution in [0.4, 0.5) is 16.2 Å². The summed E-state index contributed by atoms with van der Waals surface area (Å²) in [5.74, 6) is -0.318. The summed E-state index contributed by atoms with van der Waals surface area (Å²) in [6.45, 7) is 0.743. The number of benzene rings is 1. The lowest BCUT2D eigenvalue weighted by Crippen LogP contribution is -2.47. The van der Waals surface area contributed by atoms with Crippen molar-refractivity contribution in [2.24, 2.45) is 0 Å². The van der Waals surface area contributed by atoms with Crippen molar-refractivity contribution < 1.29 is 24.7 Å². The van der Waals surface area contributed by atoms with Gasteiger partial charge in [0.2, 0.25) is 0 Å². The quantitative estimate of drug-likeness (QED) is 0.436. The van der Waals surface area contributed by atoms with Gasteiger partial charge in [-0.25, -0.2) is 4.79 Å². The van der Waals surface area contributed by atoms with Crippen molar-refractivity contribution in [1.29, 1.82) is 0 Å². The lowest BCUT2D eigenvalue weighted by atomic mass is 10.2. The van der Waals surface area contributed by atoms with Gasteiger partial charge in [0.05, 0.1) is 24.2 Å². The van der Waals surface area contributed by atoms with E-state index in [1.807, 2.05) is 0 Å². The summed E-state index contributed by atoms with van der Waals surface area (Å²) >= 11 is 5.77. The molecule has 0 aromatic heterocycles. The Morgan fingerprint density at radius 2 is 2.32 bits per heavy atom. The number of carbonyl (C=O) groups is 1. The first kappa shape index (κ1) is 16.1. The molecule has 2 rings (SSSR count). The predicted octanol–water partition coefficient (Wildman–Crippen LogP) is 1.74. The molecule has 1 aromatic rings. The molecule has 0 radical (unpaired) electrons. The second kappa shape index (κ2) is 6.67. The highest BCUT2D eigenvalue weighted by Crippen LogP contribution is 2.39. The number of morpholine rings is 1. The van der Waals surface area contributed by atoms with Crippen molar-refractivity contribution in [3.05, 3.63) is 27.3 Å². The highest BCUT2D eigenvalue weighted by atomic mass is 35.5. The van der Waals surface area contributed by atoms with Crippen molar-refractivity contribution in [2.75, 3.05) is 31.6 Å². The number of nitrogens with one attached hydrogen (secondary N) is 1. The number of carboxylic acid groups (broad SMARTS) is 1. The van der Waals surface area contributed by atoms with E-state index >= 15 is 0 Å². The lowest BCUT2D eigenvalue weighted by molar-refractivity contribution is -0.383. The van der Waals surface area contributed by atoms with E-state index in [-0.39, 0.29) is 42.7 Å². The molecule has 0 bridgehead atoms. The number of phenols is 1. The summed E-state index contributed by atoms with van der Waals surface area (Å²) in [5.41, 5.74) is -0.555. The number of nitrogens with zero attached hydrogens (tertiary/aromatic N) is 2. The monoisotopic (exact) mass is 331 g/mol. The molecule has 0 saturated carbocycles. The second-order valence-electron chi connectivity index (χ2n) is 4.65. The van der Waals surface area contributed by atoms with E-state index in [2.05, 4.69) is 5.32 Å². The number of nitro groups is 1. The highest BCUT2D eigenvalue weighted by molar-refractivity contribution is 6.33. The molecule has 1 aliphatic rings. The average molecular weight is 332 g/mol. The fourth-order valence-corrected chi connectivity index (χ4v) is 2.37. The minimum atomic E-state index is -1.05. The van der Waals surface area contributed by atoms with Crippen LogP contribution >= 0.6 is 11.6 Å². The first-order chi connectivity index (χ1) is 10.4. The Hall–Kier alpha value is -2.26. The molecule has 0 aliphatic carbocycles. The molecule has 3 N–H and O–H groups in total. The molecule has 1 fully saturated rings. The number of aromatic hydroxyl groups is 1. The normalized spacial score (nSPS) is 18.0. The zero-order chi connectivity index (χ0) is 16.3. The van der Waals surface area contributed by atoms with Crippen LogP contribution in [0.2, 0.25) is 5.02 Å². The SMILES string of the molecule is O=C(O)N1CCO[C@H](CNc2c(O)ccc(Cl)c2[N+](=O)[O-])C1. The molecule has 10 heteroatoms. The molecule has 9 nitrogen and oxygen atoms in total. The standard InChI is InChI=1S/C12H14ClN3O6/c13-8-1-2-9(17)10(11(8)16(20)21)14-5-7-6-15(12(18)19)3-4-22-7/h1-2,7,14,17H,3-6H2,(H,18,19)/t7-/m1/s1. The van der Waals surface area contributed by atoms with E-state index in [4.69, 9.17) is 21.4 Å². The van der Waals surface area contributed by atoms with Gasteiger partial charge in [0, 0.05) is 13.1 Å². The smallest absolute Gasteiger partial charge is 0.407 e. The Balaban J connectivity index is 2.10. The van der Waals surface area contributed by atoms with Gasteiger partial charge < -0.3 is 25.2 Å². The van der Waals surface area contributed by atoms with E-state index in [0.717, 1.165) is 0 Å². The van der Waals surface area contributed by atoms with E-state index < -0.39 is 22.8 Å². The number of amides is 1. The Morgan fingerprint density at radius 3 is 2.95 bits per heavy atom. The van der Waals surface area contributed by atoms with Crippen LogP contribution in [0, 0.1) is 10.1 Å². The third kappa shape index (κ3) is 3.49. The maximum absolute atomic E-state index is 11.0. The number of halogens is 1. The van der Waals surface area contributed by atoms with Crippen molar-refractivity contribution in [2.45, 2.75) is 6.10 Å². The molecular formula is C12H14ClN3O6. The molecule has 22 heavy (non-hydrogen) atoms. The number of hydrogen-bond donors (Lipinski definition) is 3. The number of anilines is 1. The minimum Gasteiger partial charge on any atom is -0.506 e. The number of ether oxygens (including phenoxy) is 1. The molecule has 0 spiro atoms. The summed E-state index contributed by atoms with van der Waals surface area (Å²) < 4.78 is 5.40. The Morgan fingerprint density at radius 1 is 1.59 bits per heavy atom. The molecule has 1 heterocycles. The second-order valence-corrected chi connectivity index (χ2v) is 5.06. The molecule has 1 aliphatic heterocycles. The molecule has 0 unspecified atom stereocenters. The van der Waals surface area contributed by atoms with Gasteiger partial charge in [0.1, 0.15) is 10.8 Å². The van der Waals surface area contributed by atoms with Crippen LogP contribution in [-0.4, -0.2) is 58.5 Å². The zero-order valence-electron chi connectivity index (χ0n) is 11.4. The van der Waals surface area contributed by atoms with Crippen molar-refractivity contribution in [1.82, 2.24) is 4.90 Å². The van der Waals surface area contributed by atoms with E-state index in [1.165, 1.54) is 17.0 Å². The third-order valence-corrected chi connectivity index (χ3v) is 3.51. The van der Waals surface area contributed by atoms with E-state index in [0.29, 0.717) is 0 Å². The molecule has 1 aromatic carbocycles. The van der Waals surface area contributed by atoms with Crippen molar-refractivity contribution in [3.8, 4) is 5.75 Å². The third-order valence-electron chi connectivity index (χ3n) is 3.21. The van der Waals surface area contributed by atoms with Crippen LogP contribution in [-0.2, 0) is 4.74 Å². The molecular weight excluding hydrogens is 318 g/mol. The van der Waals surface area contributed by atoms with Crippen LogP contribution in [0.15, 0.2) is 12.1 Å². The summed E-state index contributed by atoms with van der Waals surface area (Å²) in [5, 5.41) is 32.3. The fourth-order valence-electron chi connectivity index (χ4n) is 2.14. The van der Waals surface area contributed by atoms with E-state index in [9.17, 15) is 20.0 Å². The number of hydrogen-bond acceptors (Lipinski definition) is 6. The van der Waals surface area contributed by atoms with Gasteiger partial charge in [-0.15, -0.1) is 0 Å². The number of nitro benzene ring substituents is 1. The van der Waals surface area contributed by atoms with Crippen LogP contribution < -0.4 is 5.32 Å². The molecule has 1 saturated heterocycles. The van der Waals surface area contributed by atoms with Gasteiger partial charge in [-0.2, -0.15) is 0 Å². The fraction of sp³-hybridized carbons (Fsp3) is 0.417. The Bertz CT molecular complexity index is 596. The van der Waals surface area contributed by atoms with Gasteiger partial charge in [-0.05, 0) is 12.1 Å².